The zero-order chi connectivity index (χ0) is 85.5. The molecule has 684 valence electrons. The van der Waals surface area contributed by atoms with Crippen LogP contribution in [-0.2, 0) is 71.2 Å². The fourth-order valence-corrected chi connectivity index (χ4v) is 16.1. The molecule has 0 bridgehead atoms. The first-order valence-electron chi connectivity index (χ1n) is 43.8. The topological polar surface area (TPSA) is 542 Å². The smallest absolute Gasteiger partial charge is 0.220 e. The summed E-state index contributed by atoms with van der Waals surface area (Å²) in [4.78, 5) is 39.4. The van der Waals surface area contributed by atoms with E-state index in [0.717, 1.165) is 65.2 Å². The van der Waals surface area contributed by atoms with Crippen LogP contribution < -0.4 is 16.0 Å². The van der Waals surface area contributed by atoms with E-state index < -0.39 is 248 Å². The molecule has 6 aliphatic heterocycles. The summed E-state index contributed by atoms with van der Waals surface area (Å²) in [6.07, 6.45) is -12.4. The molecule has 20 N–H and O–H groups in total. The van der Waals surface area contributed by atoms with E-state index in [4.69, 9.17) is 56.8 Å². The minimum Gasteiger partial charge on any atom is -0.394 e. The third-order valence-electron chi connectivity index (χ3n) is 23.2. The van der Waals surface area contributed by atoms with Crippen LogP contribution in [0.5, 0.6) is 0 Å². The van der Waals surface area contributed by atoms with Gasteiger partial charge in [-0.1, -0.05) is 219 Å². The van der Waals surface area contributed by atoms with Gasteiger partial charge < -0.3 is 160 Å². The number of hydrogen-bond acceptors (Lipinski definition) is 32. The maximum absolute atomic E-state index is 13.6. The van der Waals surface area contributed by atoms with Gasteiger partial charge in [-0.15, -0.1) is 0 Å². The zero-order valence-electron chi connectivity index (χ0n) is 69.6. The van der Waals surface area contributed by atoms with Crippen LogP contribution in [0.1, 0.15) is 253 Å². The van der Waals surface area contributed by atoms with Crippen LogP contribution in [0, 0.1) is 0 Å². The number of allylic oxidation sites excluding steroid dienone is 1. The molecule has 0 aromatic carbocycles. The highest BCUT2D eigenvalue weighted by Crippen LogP contribution is 2.39. The number of unbranched alkanes of at least 4 members (excludes halogenated alkanes) is 31. The Morgan fingerprint density at radius 2 is 0.701 bits per heavy atom. The number of rotatable bonds is 57. The Morgan fingerprint density at radius 3 is 1.15 bits per heavy atom. The van der Waals surface area contributed by atoms with Gasteiger partial charge in [0.15, 0.2) is 37.7 Å². The van der Waals surface area contributed by atoms with Gasteiger partial charge in [0.1, 0.15) is 140 Å². The molecule has 6 heterocycles. The first-order chi connectivity index (χ1) is 56.3. The van der Waals surface area contributed by atoms with Crippen molar-refractivity contribution in [3.05, 3.63) is 12.2 Å². The van der Waals surface area contributed by atoms with E-state index in [0.29, 0.717) is 12.8 Å². The summed E-state index contributed by atoms with van der Waals surface area (Å²) in [6, 6.07) is -4.61. The maximum Gasteiger partial charge on any atom is 0.220 e. The Hall–Kier alpha value is -3.01. The first kappa shape index (κ1) is 103. The molecular formula is C82H149N3O32. The second kappa shape index (κ2) is 56.1. The second-order valence-corrected chi connectivity index (χ2v) is 32.8. The lowest BCUT2D eigenvalue weighted by Crippen LogP contribution is -2.71. The maximum atomic E-state index is 13.6. The van der Waals surface area contributed by atoms with Crippen LogP contribution in [0.25, 0.3) is 0 Å². The summed E-state index contributed by atoms with van der Waals surface area (Å²) < 4.78 is 72.5. The lowest BCUT2D eigenvalue weighted by atomic mass is 9.93. The average molecular weight is 1690 g/mol. The molecule has 6 aliphatic rings. The Labute approximate surface area is 690 Å². The summed E-state index contributed by atoms with van der Waals surface area (Å²) in [6.45, 7) is 2.30. The van der Waals surface area contributed by atoms with Crippen molar-refractivity contribution in [3.63, 3.8) is 0 Å². The van der Waals surface area contributed by atoms with Gasteiger partial charge in [0, 0.05) is 20.3 Å². The highest BCUT2D eigenvalue weighted by molar-refractivity contribution is 5.76. The van der Waals surface area contributed by atoms with Gasteiger partial charge in [-0.3, -0.25) is 14.4 Å². The van der Waals surface area contributed by atoms with Gasteiger partial charge in [-0.2, -0.15) is 0 Å². The number of amides is 3. The highest BCUT2D eigenvalue weighted by Gasteiger charge is 2.59. The molecule has 0 spiro atoms. The molecule has 6 rings (SSSR count). The van der Waals surface area contributed by atoms with Crippen molar-refractivity contribution >= 4 is 17.7 Å². The molecule has 0 aromatic heterocycles. The number of carbonyl (C=O) groups excluding carboxylic acids is 3. The molecule has 32 atom stereocenters. The number of carbonyl (C=O) groups is 3. The fourth-order valence-electron chi connectivity index (χ4n) is 16.1. The van der Waals surface area contributed by atoms with Crippen LogP contribution in [-0.4, -0.2) is 340 Å². The summed E-state index contributed by atoms with van der Waals surface area (Å²) in [5.41, 5.74) is 0. The van der Waals surface area contributed by atoms with Crippen molar-refractivity contribution in [2.45, 2.75) is 449 Å². The van der Waals surface area contributed by atoms with Crippen molar-refractivity contribution in [3.8, 4) is 0 Å². The van der Waals surface area contributed by atoms with E-state index in [9.17, 15) is 101 Å². The predicted molar refractivity (Wildman–Crippen MR) is 420 cm³/mol. The molecule has 0 aromatic rings. The number of aliphatic hydroxyl groups excluding tert-OH is 17. The number of hydrogen-bond donors (Lipinski definition) is 20. The van der Waals surface area contributed by atoms with Gasteiger partial charge in [-0.25, -0.2) is 0 Å². The summed E-state index contributed by atoms with van der Waals surface area (Å²) >= 11 is 0. The Balaban J connectivity index is 1.12. The van der Waals surface area contributed by atoms with Crippen molar-refractivity contribution in [1.82, 2.24) is 16.0 Å². The standard InChI is InChI=1S/C82H149N3O32/c1-6-8-10-12-14-16-18-20-21-22-23-24-25-26-27-29-31-33-35-37-39-41-58(94)85-51(52(93)40-38-36-34-32-30-28-19-17-15-13-11-9-7-2)47-106-79-69(103)67(101)72(56(45-89)112-79)113-81-70(104)76(64(98)54(43-87)109-81)117-78-60(84-50(5)92)74(115-80-68(102)66(100)61(95)48(3)107-80)73(57(46-90)111-78)114-82-71(105)75(63(97)55(44-88)110-82)116-77-59(83-49(4)91)65(99)62(96)53(42-86)108-77/h38,40,48,51-57,59-82,86-90,93,95-105H,6-37,39,41-47H2,1-5H3,(H,83,91)(H,84,92)(H,85,94)/b40-38+/t48?,51-,52+,53?,54?,55?,56?,57?,59?,60?,61+,62+,63-,64-,65+,66?,67+,68-,69?,70?,71?,72+,73+,74+,75-,76-,77-,78-,79+,80+,81-,82-/m0/s1. The molecule has 35 nitrogen and oxygen atoms in total. The molecule has 12 unspecified atom stereocenters. The van der Waals surface area contributed by atoms with E-state index in [1.807, 2.05) is 6.08 Å². The van der Waals surface area contributed by atoms with Gasteiger partial charge in [-0.05, 0) is 26.2 Å². The second-order valence-electron chi connectivity index (χ2n) is 32.8. The third kappa shape index (κ3) is 32.8. The van der Waals surface area contributed by atoms with Crippen LogP contribution in [0.2, 0.25) is 0 Å². The van der Waals surface area contributed by atoms with E-state index in [-0.39, 0.29) is 12.3 Å². The molecule has 6 fully saturated rings. The van der Waals surface area contributed by atoms with Crippen LogP contribution in [0.4, 0.5) is 0 Å². The largest absolute Gasteiger partial charge is 0.394 e. The van der Waals surface area contributed by atoms with Gasteiger partial charge in [0.25, 0.3) is 0 Å². The molecule has 6 saturated heterocycles. The van der Waals surface area contributed by atoms with Gasteiger partial charge in [0.2, 0.25) is 17.7 Å². The summed E-state index contributed by atoms with van der Waals surface area (Å²) in [5.74, 6) is -2.02. The van der Waals surface area contributed by atoms with Crippen LogP contribution >= 0.6 is 0 Å². The van der Waals surface area contributed by atoms with E-state index >= 15 is 0 Å². The lowest BCUT2D eigenvalue weighted by molar-refractivity contribution is -0.395. The van der Waals surface area contributed by atoms with Crippen LogP contribution in [0.3, 0.4) is 0 Å². The molecule has 0 aliphatic carbocycles. The lowest BCUT2D eigenvalue weighted by Gasteiger charge is -2.52. The molecule has 3 amide bonds. The molecule has 0 saturated carbocycles. The normalized spacial score (nSPS) is 36.1. The van der Waals surface area contributed by atoms with Crippen molar-refractivity contribution in [2.24, 2.45) is 0 Å². The van der Waals surface area contributed by atoms with Gasteiger partial charge >= 0.3 is 0 Å². The van der Waals surface area contributed by atoms with E-state index in [1.54, 1.807) is 6.08 Å². The SMILES string of the molecule is CCCCCCCCCCCCC/C=C/[C@@H](O)[C@H](CO[C@@H]1OC(CO)[C@@H](O[C@@H]2OC(CO)[C@H](O)[C@H](O[C@@H]3OC(CO)[C@@H](O[C@@H]4OC(CO)[C@H](O)[C@H](O[C@@H]5OC(CO)[C@@H](O)[C@H](O)C5NC(C)=O)C4O)[C@H](O[C@H]4OC(C)[C@@H](O)C(O)[C@@H]4O)C3NC(C)=O)C2O)[C@H](O)C1O)NC(=O)CCCCCCCCCCCCCCCCCCCCCCC. The number of nitrogens with one attached hydrogen (secondary N) is 3. The minimum absolute atomic E-state index is 0.169. The third-order valence-corrected chi connectivity index (χ3v) is 23.2. The molecule has 35 heteroatoms. The van der Waals surface area contributed by atoms with Gasteiger partial charge in [0.05, 0.1) is 57.9 Å². The Kier molecular flexibility index (Phi) is 49.2. The molecular weight excluding hydrogens is 1540 g/mol. The molecule has 0 radical (unpaired) electrons. The minimum atomic E-state index is -2.26. The average Bonchev–Trinajstić information content (AvgIpc) is 0.755. The zero-order valence-corrected chi connectivity index (χ0v) is 69.6. The van der Waals surface area contributed by atoms with E-state index in [2.05, 4.69) is 29.8 Å². The number of ether oxygens (including phenoxy) is 12. The summed E-state index contributed by atoms with van der Waals surface area (Å²) in [7, 11) is 0. The summed E-state index contributed by atoms with van der Waals surface area (Å²) in [5, 5.41) is 199. The fraction of sp³-hybridized carbons (Fsp3) is 0.939. The predicted octanol–water partition coefficient (Wildman–Crippen LogP) is 0.944. The van der Waals surface area contributed by atoms with Crippen LogP contribution in [0.15, 0.2) is 12.2 Å². The van der Waals surface area contributed by atoms with Crippen molar-refractivity contribution in [2.75, 3.05) is 39.6 Å². The molecule has 117 heavy (non-hydrogen) atoms. The number of aliphatic hydroxyl groups is 17. The van der Waals surface area contributed by atoms with Crippen molar-refractivity contribution in [1.29, 1.82) is 0 Å². The Morgan fingerprint density at radius 1 is 0.350 bits per heavy atom. The first-order valence-corrected chi connectivity index (χ1v) is 43.8. The Bertz CT molecular complexity index is 2690. The highest BCUT2D eigenvalue weighted by atomic mass is 16.8. The van der Waals surface area contributed by atoms with Crippen molar-refractivity contribution < 1.29 is 158 Å². The quantitative estimate of drug-likeness (QED) is 0.0298. The monoisotopic (exact) mass is 1690 g/mol. The van der Waals surface area contributed by atoms with E-state index in [1.165, 1.54) is 155 Å².